The van der Waals surface area contributed by atoms with Gasteiger partial charge in [0.2, 0.25) is 0 Å². The summed E-state index contributed by atoms with van der Waals surface area (Å²) in [5.41, 5.74) is 0.371. The number of carboxylic acid groups (broad SMARTS) is 1. The number of rotatable bonds is 7. The molecule has 0 aromatic heterocycles. The molecule has 0 radical (unpaired) electrons. The van der Waals surface area contributed by atoms with Gasteiger partial charge in [-0.2, -0.15) is 0 Å². The van der Waals surface area contributed by atoms with Gasteiger partial charge in [-0.05, 0) is 17.9 Å². The quantitative estimate of drug-likeness (QED) is 0.573. The second-order valence-corrected chi connectivity index (χ2v) is 6.78. The lowest BCUT2D eigenvalue weighted by Crippen LogP contribution is -2.40. The van der Waals surface area contributed by atoms with Gasteiger partial charge in [0.15, 0.2) is 0 Å². The maximum Gasteiger partial charge on any atom is 0.346 e. The van der Waals surface area contributed by atoms with E-state index in [2.05, 4.69) is 5.32 Å². The van der Waals surface area contributed by atoms with Crippen molar-refractivity contribution in [1.29, 1.82) is 0 Å². The van der Waals surface area contributed by atoms with E-state index in [1.807, 2.05) is 13.8 Å². The zero-order valence-corrected chi connectivity index (χ0v) is 12.3. The van der Waals surface area contributed by atoms with Crippen molar-refractivity contribution in [3.63, 3.8) is 0 Å². The van der Waals surface area contributed by atoms with Gasteiger partial charge in [-0.3, -0.25) is 14.7 Å². The lowest BCUT2D eigenvalue weighted by molar-refractivity contribution is -0.140. The van der Waals surface area contributed by atoms with E-state index < -0.39 is 25.4 Å². The highest BCUT2D eigenvalue weighted by atomic mass is 31.2. The monoisotopic (exact) mass is 301 g/mol. The third kappa shape index (κ3) is 5.06. The molecule has 0 saturated carbocycles. The van der Waals surface area contributed by atoms with Crippen LogP contribution in [0.15, 0.2) is 30.3 Å². The molecule has 6 nitrogen and oxygen atoms in total. The molecule has 0 bridgehead atoms. The molecule has 0 aliphatic carbocycles. The van der Waals surface area contributed by atoms with Crippen LogP contribution >= 0.6 is 7.60 Å². The smallest absolute Gasteiger partial charge is 0.346 e. The van der Waals surface area contributed by atoms with Crippen molar-refractivity contribution in [2.24, 2.45) is 5.92 Å². The van der Waals surface area contributed by atoms with Crippen molar-refractivity contribution in [2.75, 3.05) is 0 Å². The maximum absolute atomic E-state index is 11.6. The van der Waals surface area contributed by atoms with Gasteiger partial charge in [-0.15, -0.1) is 0 Å². The number of aliphatic carboxylic acids is 1. The van der Waals surface area contributed by atoms with E-state index in [4.69, 9.17) is 5.11 Å². The summed E-state index contributed by atoms with van der Waals surface area (Å²) in [6, 6.07) is 7.14. The van der Waals surface area contributed by atoms with Gasteiger partial charge in [0.25, 0.3) is 0 Å². The van der Waals surface area contributed by atoms with Crippen LogP contribution in [0.4, 0.5) is 0 Å². The minimum Gasteiger partial charge on any atom is -0.480 e. The molecule has 2 unspecified atom stereocenters. The first-order chi connectivity index (χ1) is 9.21. The fraction of sp³-hybridized carbons (Fsp3) is 0.462. The average Bonchev–Trinajstić information content (AvgIpc) is 2.33. The fourth-order valence-corrected chi connectivity index (χ4v) is 2.86. The Bertz CT molecular complexity index is 485. The molecule has 1 rings (SSSR count). The van der Waals surface area contributed by atoms with E-state index in [0.717, 1.165) is 0 Å². The van der Waals surface area contributed by atoms with Crippen LogP contribution in [0.5, 0.6) is 0 Å². The SMILES string of the molecule is CC(C)CC(NC(c1ccccc1)P(=O)(O)O)C(=O)O. The highest BCUT2D eigenvalue weighted by Gasteiger charge is 2.34. The van der Waals surface area contributed by atoms with Crippen molar-refractivity contribution in [1.82, 2.24) is 5.32 Å². The molecular formula is C13H20NO5P. The Balaban J connectivity index is 3.01. The number of nitrogens with one attached hydrogen (secondary N) is 1. The number of hydrogen-bond acceptors (Lipinski definition) is 3. The van der Waals surface area contributed by atoms with E-state index in [1.54, 1.807) is 30.3 Å². The van der Waals surface area contributed by atoms with Crippen molar-refractivity contribution in [3.8, 4) is 0 Å². The number of benzene rings is 1. The molecule has 1 aromatic rings. The van der Waals surface area contributed by atoms with E-state index in [1.165, 1.54) is 0 Å². The molecule has 0 aliphatic rings. The zero-order chi connectivity index (χ0) is 15.3. The Hall–Kier alpha value is -1.20. The Morgan fingerprint density at radius 1 is 1.25 bits per heavy atom. The largest absolute Gasteiger partial charge is 0.480 e. The minimum atomic E-state index is -4.51. The molecule has 112 valence electrons. The molecule has 0 heterocycles. The van der Waals surface area contributed by atoms with Crippen LogP contribution in [0, 0.1) is 5.92 Å². The first-order valence-corrected chi connectivity index (χ1v) is 7.99. The molecular weight excluding hydrogens is 281 g/mol. The average molecular weight is 301 g/mol. The molecule has 0 saturated heterocycles. The Morgan fingerprint density at radius 2 is 1.80 bits per heavy atom. The Morgan fingerprint density at radius 3 is 2.20 bits per heavy atom. The Kier molecular flexibility index (Phi) is 5.89. The van der Waals surface area contributed by atoms with Crippen LogP contribution in [0.1, 0.15) is 31.6 Å². The predicted octanol–water partition coefficient (Wildman–Crippen LogP) is 1.95. The summed E-state index contributed by atoms with van der Waals surface area (Å²) < 4.78 is 11.6. The van der Waals surface area contributed by atoms with Crippen molar-refractivity contribution < 1.29 is 24.3 Å². The summed E-state index contributed by atoms with van der Waals surface area (Å²) in [4.78, 5) is 30.1. The van der Waals surface area contributed by atoms with E-state index in [9.17, 15) is 19.1 Å². The highest BCUT2D eigenvalue weighted by Crippen LogP contribution is 2.50. The van der Waals surface area contributed by atoms with Crippen LogP contribution < -0.4 is 5.32 Å². The molecule has 7 heteroatoms. The van der Waals surface area contributed by atoms with Crippen molar-refractivity contribution in [3.05, 3.63) is 35.9 Å². The molecule has 0 amide bonds. The van der Waals surface area contributed by atoms with Gasteiger partial charge < -0.3 is 14.9 Å². The summed E-state index contributed by atoms with van der Waals surface area (Å²) in [6.45, 7) is 3.71. The number of carbonyl (C=O) groups is 1. The van der Waals surface area contributed by atoms with Crippen LogP contribution in [0.3, 0.4) is 0 Å². The highest BCUT2D eigenvalue weighted by molar-refractivity contribution is 7.52. The molecule has 0 spiro atoms. The molecule has 0 fully saturated rings. The second-order valence-electron chi connectivity index (χ2n) is 5.09. The molecule has 1 aromatic carbocycles. The lowest BCUT2D eigenvalue weighted by atomic mass is 10.0. The van der Waals surface area contributed by atoms with Crippen LogP contribution in [-0.4, -0.2) is 26.9 Å². The molecule has 2 atom stereocenters. The summed E-state index contributed by atoms with van der Waals surface area (Å²) in [6.07, 6.45) is 0.290. The lowest BCUT2D eigenvalue weighted by Gasteiger charge is -2.25. The van der Waals surface area contributed by atoms with Crippen molar-refractivity contribution >= 4 is 13.6 Å². The second kappa shape index (κ2) is 6.99. The topological polar surface area (TPSA) is 107 Å². The van der Waals surface area contributed by atoms with Crippen LogP contribution in [0.2, 0.25) is 0 Å². The molecule has 4 N–H and O–H groups in total. The van der Waals surface area contributed by atoms with Gasteiger partial charge in [-0.1, -0.05) is 44.2 Å². The summed E-state index contributed by atoms with van der Waals surface area (Å²) >= 11 is 0. The van der Waals surface area contributed by atoms with Crippen LogP contribution in [0.25, 0.3) is 0 Å². The zero-order valence-electron chi connectivity index (χ0n) is 11.4. The minimum absolute atomic E-state index is 0.0943. The maximum atomic E-state index is 11.6. The third-order valence-electron chi connectivity index (χ3n) is 2.82. The third-order valence-corrected chi connectivity index (χ3v) is 3.94. The first-order valence-electron chi connectivity index (χ1n) is 6.31. The van der Waals surface area contributed by atoms with Gasteiger partial charge in [0.1, 0.15) is 11.8 Å². The van der Waals surface area contributed by atoms with E-state index in [-0.39, 0.29) is 5.92 Å². The van der Waals surface area contributed by atoms with E-state index >= 15 is 0 Å². The standard InChI is InChI=1S/C13H20NO5P/c1-9(2)8-11(13(15)16)14-12(20(17,18)19)10-6-4-3-5-7-10/h3-7,9,11-12,14H,8H2,1-2H3,(H,15,16)(H2,17,18,19). The summed E-state index contributed by atoms with van der Waals surface area (Å²) in [5, 5.41) is 11.7. The number of hydrogen-bond donors (Lipinski definition) is 4. The Labute approximate surface area is 118 Å². The van der Waals surface area contributed by atoms with Gasteiger partial charge in [0, 0.05) is 0 Å². The fourth-order valence-electron chi connectivity index (χ4n) is 1.92. The van der Waals surface area contributed by atoms with E-state index in [0.29, 0.717) is 12.0 Å². The normalized spacial score (nSPS) is 15.1. The molecule has 0 aliphatic heterocycles. The summed E-state index contributed by atoms with van der Waals surface area (Å²) in [5.74, 6) is -2.34. The van der Waals surface area contributed by atoms with Crippen molar-refractivity contribution in [2.45, 2.75) is 32.1 Å². The van der Waals surface area contributed by atoms with Gasteiger partial charge in [0.05, 0.1) is 0 Å². The molecule has 20 heavy (non-hydrogen) atoms. The first kappa shape index (κ1) is 16.9. The van der Waals surface area contributed by atoms with Gasteiger partial charge >= 0.3 is 13.6 Å². The predicted molar refractivity (Wildman–Crippen MR) is 75.2 cm³/mol. The van der Waals surface area contributed by atoms with Crippen LogP contribution in [-0.2, 0) is 9.36 Å². The van der Waals surface area contributed by atoms with Gasteiger partial charge in [-0.25, -0.2) is 0 Å². The summed E-state index contributed by atoms with van der Waals surface area (Å²) in [7, 11) is -4.51. The number of carboxylic acids is 1.